The molecule has 0 saturated carbocycles. The van der Waals surface area contributed by atoms with E-state index in [0.29, 0.717) is 0 Å². The van der Waals surface area contributed by atoms with Gasteiger partial charge in [-0.1, -0.05) is 22.9 Å². The van der Waals surface area contributed by atoms with Crippen molar-refractivity contribution < 1.29 is 0 Å². The van der Waals surface area contributed by atoms with Crippen molar-refractivity contribution in [1.82, 2.24) is 5.01 Å². The van der Waals surface area contributed by atoms with Crippen molar-refractivity contribution in [2.24, 2.45) is 10.3 Å². The van der Waals surface area contributed by atoms with Crippen LogP contribution in [0.25, 0.3) is 0 Å². The Labute approximate surface area is 104 Å². The number of nitrogens with zero attached hydrogens (tertiary/aromatic N) is 3. The summed E-state index contributed by atoms with van der Waals surface area (Å²) in [7, 11) is 0. The molecule has 0 bridgehead atoms. The van der Waals surface area contributed by atoms with Crippen LogP contribution in [0.3, 0.4) is 0 Å². The number of rotatable bonds is 2. The highest BCUT2D eigenvalue weighted by molar-refractivity contribution is 5.53. The summed E-state index contributed by atoms with van der Waals surface area (Å²) in [4.78, 5) is 0. The van der Waals surface area contributed by atoms with Crippen molar-refractivity contribution in [3.63, 3.8) is 0 Å². The van der Waals surface area contributed by atoms with Crippen LogP contribution < -0.4 is 0 Å². The predicted octanol–water partition coefficient (Wildman–Crippen LogP) is 4.10. The lowest BCUT2D eigenvalue weighted by atomic mass is 10.1. The van der Waals surface area contributed by atoms with Gasteiger partial charge in [0.15, 0.2) is 0 Å². The molecule has 0 atom stereocenters. The molecule has 1 fully saturated rings. The highest BCUT2D eigenvalue weighted by Gasteiger charge is 2.08. The van der Waals surface area contributed by atoms with Gasteiger partial charge in [-0.3, -0.25) is 5.01 Å². The summed E-state index contributed by atoms with van der Waals surface area (Å²) in [6, 6.07) is 4.33. The average molecular weight is 231 g/mol. The lowest BCUT2D eigenvalue weighted by molar-refractivity contribution is 0.224. The molecule has 3 nitrogen and oxygen atoms in total. The van der Waals surface area contributed by atoms with E-state index < -0.39 is 0 Å². The smallest absolute Gasteiger partial charge is 0.0932 e. The van der Waals surface area contributed by atoms with Crippen LogP contribution in [-0.4, -0.2) is 18.1 Å². The van der Waals surface area contributed by atoms with Gasteiger partial charge in [-0.05, 0) is 51.2 Å². The molecule has 1 aliphatic rings. The lowest BCUT2D eigenvalue weighted by Gasteiger charge is -2.22. The van der Waals surface area contributed by atoms with E-state index >= 15 is 0 Å². The molecule has 3 heteroatoms. The highest BCUT2D eigenvalue weighted by atomic mass is 15.5. The number of hydrogen-bond acceptors (Lipinski definition) is 2. The van der Waals surface area contributed by atoms with E-state index in [0.717, 1.165) is 18.8 Å². The molecule has 0 radical (unpaired) electrons. The maximum Gasteiger partial charge on any atom is 0.0932 e. The van der Waals surface area contributed by atoms with E-state index in [4.69, 9.17) is 0 Å². The molecule has 1 aromatic rings. The molecule has 1 aromatic carbocycles. The summed E-state index contributed by atoms with van der Waals surface area (Å²) in [5, 5.41) is 10.9. The Morgan fingerprint density at radius 2 is 1.53 bits per heavy atom. The topological polar surface area (TPSA) is 28.0 Å². The lowest BCUT2D eigenvalue weighted by Crippen LogP contribution is -2.23. The first-order valence-electron chi connectivity index (χ1n) is 6.41. The Morgan fingerprint density at radius 1 is 0.941 bits per heavy atom. The zero-order valence-corrected chi connectivity index (χ0v) is 11.0. The number of benzene rings is 1. The average Bonchev–Trinajstić information content (AvgIpc) is 2.29. The first kappa shape index (κ1) is 12.1. The zero-order chi connectivity index (χ0) is 12.3. The van der Waals surface area contributed by atoms with Gasteiger partial charge in [-0.2, -0.15) is 0 Å². The molecule has 1 aliphatic heterocycles. The van der Waals surface area contributed by atoms with Crippen LogP contribution in [0.5, 0.6) is 0 Å². The summed E-state index contributed by atoms with van der Waals surface area (Å²) >= 11 is 0. The second-order valence-electron chi connectivity index (χ2n) is 4.95. The van der Waals surface area contributed by atoms with Gasteiger partial charge in [0, 0.05) is 13.1 Å². The Hall–Kier alpha value is -1.38. The van der Waals surface area contributed by atoms with Crippen molar-refractivity contribution in [3.8, 4) is 0 Å². The van der Waals surface area contributed by atoms with E-state index in [1.54, 1.807) is 0 Å². The summed E-state index contributed by atoms with van der Waals surface area (Å²) in [5.41, 5.74) is 4.74. The summed E-state index contributed by atoms with van der Waals surface area (Å²) < 4.78 is 0. The molecule has 1 saturated heterocycles. The van der Waals surface area contributed by atoms with Crippen LogP contribution in [-0.2, 0) is 0 Å². The first-order valence-corrected chi connectivity index (χ1v) is 6.41. The SMILES string of the molecule is Cc1cc(C)c(N=NN2CCCCC2)c(C)c1. The van der Waals surface area contributed by atoms with Gasteiger partial charge in [-0.25, -0.2) is 0 Å². The van der Waals surface area contributed by atoms with Crippen LogP contribution in [0.4, 0.5) is 5.69 Å². The summed E-state index contributed by atoms with van der Waals surface area (Å²) in [5.74, 6) is 0. The second-order valence-corrected chi connectivity index (χ2v) is 4.95. The van der Waals surface area contributed by atoms with Gasteiger partial charge in [0.25, 0.3) is 0 Å². The molecule has 0 amide bonds. The third-order valence-electron chi connectivity index (χ3n) is 3.24. The largest absolute Gasteiger partial charge is 0.278 e. The Kier molecular flexibility index (Phi) is 3.77. The van der Waals surface area contributed by atoms with E-state index in [-0.39, 0.29) is 0 Å². The monoisotopic (exact) mass is 231 g/mol. The molecule has 0 N–H and O–H groups in total. The minimum absolute atomic E-state index is 1.03. The van der Waals surface area contributed by atoms with Crippen molar-refractivity contribution in [3.05, 3.63) is 28.8 Å². The van der Waals surface area contributed by atoms with Crippen LogP contribution >= 0.6 is 0 Å². The Balaban J connectivity index is 2.14. The van der Waals surface area contributed by atoms with Crippen LogP contribution in [0.2, 0.25) is 0 Å². The van der Waals surface area contributed by atoms with Gasteiger partial charge in [-0.15, -0.1) is 5.11 Å². The van der Waals surface area contributed by atoms with E-state index in [1.807, 2.05) is 0 Å². The number of piperidine rings is 1. The quantitative estimate of drug-likeness (QED) is 0.704. The molecule has 2 rings (SSSR count). The first-order chi connectivity index (χ1) is 8.16. The maximum absolute atomic E-state index is 4.42. The molecule has 0 aliphatic carbocycles. The van der Waals surface area contributed by atoms with Crippen LogP contribution in [0.1, 0.15) is 36.0 Å². The molecule has 1 heterocycles. The summed E-state index contributed by atoms with van der Waals surface area (Å²) in [6.07, 6.45) is 3.81. The Morgan fingerprint density at radius 3 is 2.12 bits per heavy atom. The second kappa shape index (κ2) is 5.30. The molecule has 0 unspecified atom stereocenters. The van der Waals surface area contributed by atoms with E-state index in [9.17, 15) is 0 Å². The fourth-order valence-corrected chi connectivity index (χ4v) is 2.40. The molecular weight excluding hydrogens is 210 g/mol. The van der Waals surface area contributed by atoms with Crippen molar-refractivity contribution in [2.75, 3.05) is 13.1 Å². The van der Waals surface area contributed by atoms with Crippen molar-refractivity contribution in [2.45, 2.75) is 40.0 Å². The molecule has 0 spiro atoms. The fourth-order valence-electron chi connectivity index (χ4n) is 2.40. The fraction of sp³-hybridized carbons (Fsp3) is 0.571. The van der Waals surface area contributed by atoms with Gasteiger partial charge < -0.3 is 0 Å². The zero-order valence-electron chi connectivity index (χ0n) is 11.0. The van der Waals surface area contributed by atoms with Gasteiger partial charge in [0.05, 0.1) is 5.69 Å². The minimum Gasteiger partial charge on any atom is -0.278 e. The van der Waals surface area contributed by atoms with Gasteiger partial charge >= 0.3 is 0 Å². The van der Waals surface area contributed by atoms with Crippen LogP contribution in [0, 0.1) is 20.8 Å². The standard InChI is InChI=1S/C14H21N3/c1-11-9-12(2)14(13(3)10-11)15-16-17-7-5-4-6-8-17/h9-10H,4-8H2,1-3H3. The molecule has 92 valence electrons. The number of hydrogen-bond donors (Lipinski definition) is 0. The van der Waals surface area contributed by atoms with Crippen molar-refractivity contribution in [1.29, 1.82) is 0 Å². The third kappa shape index (κ3) is 3.05. The molecule has 0 aromatic heterocycles. The molecule has 17 heavy (non-hydrogen) atoms. The molecular formula is C14H21N3. The summed E-state index contributed by atoms with van der Waals surface area (Å²) in [6.45, 7) is 8.42. The van der Waals surface area contributed by atoms with Gasteiger partial charge in [0.1, 0.15) is 0 Å². The minimum atomic E-state index is 1.03. The predicted molar refractivity (Wildman–Crippen MR) is 70.6 cm³/mol. The normalized spacial score (nSPS) is 16.8. The maximum atomic E-state index is 4.42. The van der Waals surface area contributed by atoms with Crippen molar-refractivity contribution >= 4 is 5.69 Å². The van der Waals surface area contributed by atoms with E-state index in [1.165, 1.54) is 36.0 Å². The van der Waals surface area contributed by atoms with Crippen LogP contribution in [0.15, 0.2) is 22.5 Å². The highest BCUT2D eigenvalue weighted by Crippen LogP contribution is 2.25. The Bertz CT molecular complexity index is 394. The third-order valence-corrected chi connectivity index (χ3v) is 3.24. The van der Waals surface area contributed by atoms with Gasteiger partial charge in [0.2, 0.25) is 0 Å². The van der Waals surface area contributed by atoms with E-state index in [2.05, 4.69) is 48.3 Å². The number of aryl methyl sites for hydroxylation is 3.